The van der Waals surface area contributed by atoms with E-state index in [0.717, 1.165) is 33.0 Å². The molecule has 0 spiro atoms. The molecule has 3 nitrogen and oxygen atoms in total. The lowest BCUT2D eigenvalue weighted by atomic mass is 10.0. The normalized spacial score (nSPS) is 12.2. The second kappa shape index (κ2) is 6.94. The minimum Gasteiger partial charge on any atom is -0.496 e. The van der Waals surface area contributed by atoms with Crippen LogP contribution in [-0.4, -0.2) is 19.1 Å². The first kappa shape index (κ1) is 15.8. The van der Waals surface area contributed by atoms with Gasteiger partial charge in [-0.05, 0) is 42.3 Å². The third kappa shape index (κ3) is 3.76. The van der Waals surface area contributed by atoms with Crippen LogP contribution in [0.4, 0.5) is 0 Å². The van der Waals surface area contributed by atoms with Crippen molar-refractivity contribution in [2.45, 2.75) is 32.7 Å². The van der Waals surface area contributed by atoms with Crippen LogP contribution in [0.5, 0.6) is 5.75 Å². The van der Waals surface area contributed by atoms with Crippen molar-refractivity contribution in [2.24, 2.45) is 0 Å². The number of halogens is 1. The number of fused-ring (bicyclic) bond motifs is 1. The van der Waals surface area contributed by atoms with Gasteiger partial charge in [-0.25, -0.2) is 0 Å². The van der Waals surface area contributed by atoms with Gasteiger partial charge in [0.05, 0.1) is 13.5 Å². The van der Waals surface area contributed by atoms with E-state index in [2.05, 4.69) is 28.2 Å². The van der Waals surface area contributed by atoms with E-state index in [4.69, 9.17) is 4.74 Å². The maximum Gasteiger partial charge on any atom is 0.224 e. The molecule has 0 unspecified atom stereocenters. The zero-order valence-electron chi connectivity index (χ0n) is 12.6. The predicted octanol–water partition coefficient (Wildman–Crippen LogP) is 4.07. The highest BCUT2D eigenvalue weighted by Gasteiger charge is 2.14. The van der Waals surface area contributed by atoms with Crippen LogP contribution in [0, 0.1) is 0 Å². The standard InChI is InChI=1S/C17H20BrNO2/c1-4-11(2)19-17(20)10-15-14-7-6-13(18)9-12(14)5-8-16(15)21-3/h5-9,11H,4,10H2,1-3H3,(H,19,20)/t11-/m1/s1. The van der Waals surface area contributed by atoms with Crippen molar-refractivity contribution in [2.75, 3.05) is 7.11 Å². The first-order valence-electron chi connectivity index (χ1n) is 7.09. The van der Waals surface area contributed by atoms with Crippen LogP contribution in [0.1, 0.15) is 25.8 Å². The van der Waals surface area contributed by atoms with Gasteiger partial charge in [0.1, 0.15) is 5.75 Å². The zero-order valence-corrected chi connectivity index (χ0v) is 14.2. The second-order valence-electron chi connectivity index (χ2n) is 5.17. The van der Waals surface area contributed by atoms with Crippen LogP contribution in [-0.2, 0) is 11.2 Å². The molecule has 0 aliphatic rings. The summed E-state index contributed by atoms with van der Waals surface area (Å²) in [5.41, 5.74) is 0.934. The predicted molar refractivity (Wildman–Crippen MR) is 89.8 cm³/mol. The maximum atomic E-state index is 12.2. The van der Waals surface area contributed by atoms with Gasteiger partial charge >= 0.3 is 0 Å². The number of carbonyl (C=O) groups excluding carboxylic acids is 1. The van der Waals surface area contributed by atoms with Crippen molar-refractivity contribution in [1.82, 2.24) is 5.32 Å². The number of methoxy groups -OCH3 is 1. The van der Waals surface area contributed by atoms with Gasteiger partial charge in [0.15, 0.2) is 0 Å². The number of hydrogen-bond donors (Lipinski definition) is 1. The monoisotopic (exact) mass is 349 g/mol. The molecule has 2 rings (SSSR count). The molecule has 112 valence electrons. The highest BCUT2D eigenvalue weighted by molar-refractivity contribution is 9.10. The van der Waals surface area contributed by atoms with Gasteiger partial charge in [0, 0.05) is 16.1 Å². The third-order valence-corrected chi connectivity index (χ3v) is 4.12. The van der Waals surface area contributed by atoms with Crippen LogP contribution in [0.15, 0.2) is 34.8 Å². The summed E-state index contributed by atoms with van der Waals surface area (Å²) in [6.07, 6.45) is 1.25. The second-order valence-corrected chi connectivity index (χ2v) is 6.08. The Morgan fingerprint density at radius 2 is 2.10 bits per heavy atom. The molecular formula is C17H20BrNO2. The lowest BCUT2D eigenvalue weighted by Gasteiger charge is -2.15. The van der Waals surface area contributed by atoms with E-state index in [1.807, 2.05) is 37.3 Å². The summed E-state index contributed by atoms with van der Waals surface area (Å²) in [5, 5.41) is 5.15. The number of rotatable bonds is 5. The molecule has 2 aromatic rings. The molecule has 4 heteroatoms. The van der Waals surface area contributed by atoms with Crippen LogP contribution in [0.3, 0.4) is 0 Å². The molecule has 0 aromatic heterocycles. The Kier molecular flexibility index (Phi) is 5.23. The average Bonchev–Trinajstić information content (AvgIpc) is 2.47. The van der Waals surface area contributed by atoms with Gasteiger partial charge < -0.3 is 10.1 Å². The Labute approximate surface area is 133 Å². The molecule has 0 radical (unpaired) electrons. The summed E-state index contributed by atoms with van der Waals surface area (Å²) in [5.74, 6) is 0.780. The molecule has 0 saturated heterocycles. The number of carbonyl (C=O) groups is 1. The molecule has 1 atom stereocenters. The molecule has 1 N–H and O–H groups in total. The van der Waals surface area contributed by atoms with E-state index in [9.17, 15) is 4.79 Å². The highest BCUT2D eigenvalue weighted by atomic mass is 79.9. The van der Waals surface area contributed by atoms with Gasteiger partial charge in [0.2, 0.25) is 5.91 Å². The Morgan fingerprint density at radius 1 is 1.33 bits per heavy atom. The molecule has 0 aliphatic heterocycles. The smallest absolute Gasteiger partial charge is 0.224 e. The fraction of sp³-hybridized carbons (Fsp3) is 0.353. The van der Waals surface area contributed by atoms with E-state index < -0.39 is 0 Å². The van der Waals surface area contributed by atoms with E-state index in [-0.39, 0.29) is 11.9 Å². The van der Waals surface area contributed by atoms with Crippen molar-refractivity contribution in [3.05, 3.63) is 40.4 Å². The molecular weight excluding hydrogens is 330 g/mol. The molecule has 1 amide bonds. The van der Waals surface area contributed by atoms with Gasteiger partial charge in [0.25, 0.3) is 0 Å². The van der Waals surface area contributed by atoms with Crippen LogP contribution >= 0.6 is 15.9 Å². The molecule has 0 heterocycles. The quantitative estimate of drug-likeness (QED) is 0.883. The van der Waals surface area contributed by atoms with Gasteiger partial charge in [-0.3, -0.25) is 4.79 Å². The number of ether oxygens (including phenoxy) is 1. The first-order chi connectivity index (χ1) is 10.0. The Hall–Kier alpha value is -1.55. The molecule has 21 heavy (non-hydrogen) atoms. The minimum atomic E-state index is 0.0260. The van der Waals surface area contributed by atoms with Crippen LogP contribution < -0.4 is 10.1 Å². The topological polar surface area (TPSA) is 38.3 Å². The minimum absolute atomic E-state index is 0.0260. The van der Waals surface area contributed by atoms with Crippen LogP contribution in [0.2, 0.25) is 0 Å². The van der Waals surface area contributed by atoms with E-state index >= 15 is 0 Å². The molecule has 2 aromatic carbocycles. The number of amides is 1. The maximum absolute atomic E-state index is 12.2. The zero-order chi connectivity index (χ0) is 15.4. The summed E-state index contributed by atoms with van der Waals surface area (Å²) in [7, 11) is 1.64. The van der Waals surface area contributed by atoms with Gasteiger partial charge in [-0.2, -0.15) is 0 Å². The average molecular weight is 350 g/mol. The van der Waals surface area contributed by atoms with E-state index in [1.54, 1.807) is 7.11 Å². The highest BCUT2D eigenvalue weighted by Crippen LogP contribution is 2.30. The lowest BCUT2D eigenvalue weighted by molar-refractivity contribution is -0.121. The van der Waals surface area contributed by atoms with E-state index in [1.165, 1.54) is 0 Å². The summed E-state index contributed by atoms with van der Waals surface area (Å²) in [6, 6.07) is 10.2. The number of hydrogen-bond acceptors (Lipinski definition) is 2. The van der Waals surface area contributed by atoms with Crippen LogP contribution in [0.25, 0.3) is 10.8 Å². The molecule has 0 aliphatic carbocycles. The third-order valence-electron chi connectivity index (χ3n) is 3.63. The van der Waals surface area contributed by atoms with Gasteiger partial charge in [-0.1, -0.05) is 35.0 Å². The van der Waals surface area contributed by atoms with Gasteiger partial charge in [-0.15, -0.1) is 0 Å². The van der Waals surface area contributed by atoms with Crippen molar-refractivity contribution in [3.63, 3.8) is 0 Å². The fourth-order valence-corrected chi connectivity index (χ4v) is 2.69. The summed E-state index contributed by atoms with van der Waals surface area (Å²) in [6.45, 7) is 4.07. The largest absolute Gasteiger partial charge is 0.496 e. The Bertz CT molecular complexity index is 655. The molecule has 0 fully saturated rings. The number of nitrogens with one attached hydrogen (secondary N) is 1. The van der Waals surface area contributed by atoms with E-state index in [0.29, 0.717) is 6.42 Å². The SMILES string of the molecule is CC[C@@H](C)NC(=O)Cc1c(OC)ccc2cc(Br)ccc12. The molecule has 0 saturated carbocycles. The Morgan fingerprint density at radius 3 is 2.76 bits per heavy atom. The van der Waals surface area contributed by atoms with Crippen molar-refractivity contribution in [1.29, 1.82) is 0 Å². The Balaban J connectivity index is 2.38. The van der Waals surface area contributed by atoms with Crippen molar-refractivity contribution < 1.29 is 9.53 Å². The fourth-order valence-electron chi connectivity index (χ4n) is 2.31. The number of benzene rings is 2. The van der Waals surface area contributed by atoms with Crippen molar-refractivity contribution >= 4 is 32.6 Å². The summed E-state index contributed by atoms with van der Waals surface area (Å²) >= 11 is 3.47. The van der Waals surface area contributed by atoms with Crippen molar-refractivity contribution in [3.8, 4) is 5.75 Å². The summed E-state index contributed by atoms with van der Waals surface area (Å²) in [4.78, 5) is 12.2. The first-order valence-corrected chi connectivity index (χ1v) is 7.89. The molecule has 0 bridgehead atoms. The lowest BCUT2D eigenvalue weighted by Crippen LogP contribution is -2.33. The summed E-state index contributed by atoms with van der Waals surface area (Å²) < 4.78 is 6.45.